The molecule has 1 aliphatic carbocycles. The van der Waals surface area contributed by atoms with Gasteiger partial charge in [-0.3, -0.25) is 0 Å². The van der Waals surface area contributed by atoms with E-state index in [1.807, 2.05) is 12.2 Å². The van der Waals surface area contributed by atoms with Crippen LogP contribution in [-0.2, 0) is 29.0 Å². The van der Waals surface area contributed by atoms with Crippen molar-refractivity contribution in [2.75, 3.05) is 13.2 Å². The molecule has 2 aliphatic heterocycles. The van der Waals surface area contributed by atoms with Crippen LogP contribution in [0.25, 0.3) is 5.32 Å². The fraction of sp³-hybridized carbons (Fsp3) is 0.727. The van der Waals surface area contributed by atoms with Gasteiger partial charge in [0.05, 0.1) is 12.6 Å². The predicted octanol–water partition coefficient (Wildman–Crippen LogP) is 5.66. The average molecular weight is 426 g/mol. The molecule has 0 unspecified atom stereocenters. The molecule has 3 aliphatic rings. The van der Waals surface area contributed by atoms with E-state index in [0.717, 1.165) is 5.92 Å². The first-order valence-corrected chi connectivity index (χ1v) is 10.2. The summed E-state index contributed by atoms with van der Waals surface area (Å²) in [5.74, 6) is 3.20. The van der Waals surface area contributed by atoms with E-state index in [4.69, 9.17) is 9.47 Å². The zero-order valence-electron chi connectivity index (χ0n) is 17.7. The fourth-order valence-corrected chi connectivity index (χ4v) is 3.28. The summed E-state index contributed by atoms with van der Waals surface area (Å²) in [5, 5.41) is 4.50. The van der Waals surface area contributed by atoms with E-state index >= 15 is 0 Å². The van der Waals surface area contributed by atoms with Crippen LogP contribution in [0.5, 0.6) is 0 Å². The van der Waals surface area contributed by atoms with Gasteiger partial charge in [0, 0.05) is 12.0 Å². The molecule has 27 heavy (non-hydrogen) atoms. The van der Waals surface area contributed by atoms with Gasteiger partial charge in [0.25, 0.3) is 0 Å². The average Bonchev–Trinajstić information content (AvgIpc) is 3.27. The molecule has 1 saturated heterocycles. The maximum absolute atomic E-state index is 5.52. The first-order valence-electron chi connectivity index (χ1n) is 10.2. The van der Waals surface area contributed by atoms with Gasteiger partial charge in [0.15, 0.2) is 0 Å². The molecule has 0 aromatic carbocycles. The van der Waals surface area contributed by atoms with Gasteiger partial charge >= 0.3 is 19.5 Å². The quantitative estimate of drug-likeness (QED) is 0.430. The Morgan fingerprint density at radius 1 is 1.04 bits per heavy atom. The van der Waals surface area contributed by atoms with E-state index < -0.39 is 0 Å². The number of hydrogen-bond acceptors (Lipinski definition) is 3. The van der Waals surface area contributed by atoms with Crippen molar-refractivity contribution in [2.45, 2.75) is 71.9 Å². The fourth-order valence-electron chi connectivity index (χ4n) is 3.28. The predicted molar refractivity (Wildman–Crippen MR) is 109 cm³/mol. The molecule has 0 amide bonds. The summed E-state index contributed by atoms with van der Waals surface area (Å²) < 4.78 is 11.0. The van der Waals surface area contributed by atoms with Crippen molar-refractivity contribution in [1.82, 2.24) is 0 Å². The zero-order valence-corrected chi connectivity index (χ0v) is 20.7. The van der Waals surface area contributed by atoms with Gasteiger partial charge in [-0.05, 0) is 5.92 Å². The molecule has 5 heteroatoms. The van der Waals surface area contributed by atoms with Gasteiger partial charge in [-0.25, -0.2) is 24.1 Å². The Hall–Kier alpha value is -0.957. The molecule has 0 N–H and O–H groups in total. The molecular formula is C22H36N2O2Zn. The third kappa shape index (κ3) is 8.29. The van der Waals surface area contributed by atoms with Crippen molar-refractivity contribution >= 4 is 5.90 Å². The molecule has 2 fully saturated rings. The second kappa shape index (κ2) is 12.5. The van der Waals surface area contributed by atoms with Crippen LogP contribution in [0.2, 0.25) is 0 Å². The van der Waals surface area contributed by atoms with E-state index in [1.54, 1.807) is 0 Å². The third-order valence-electron chi connectivity index (χ3n) is 5.23. The van der Waals surface area contributed by atoms with Gasteiger partial charge in [0.2, 0.25) is 5.90 Å². The van der Waals surface area contributed by atoms with E-state index in [1.165, 1.54) is 32.1 Å². The molecular weight excluding hydrogens is 390 g/mol. The Morgan fingerprint density at radius 2 is 1.74 bits per heavy atom. The largest absolute Gasteiger partial charge is 2.00 e. The Balaban J connectivity index is 0.000000310. The third-order valence-corrected chi connectivity index (χ3v) is 5.23. The van der Waals surface area contributed by atoms with Crippen molar-refractivity contribution in [3.63, 3.8) is 0 Å². The van der Waals surface area contributed by atoms with Crippen molar-refractivity contribution in [2.24, 2.45) is 22.7 Å². The number of allylic oxidation sites excluding steroid dienone is 2. The summed E-state index contributed by atoms with van der Waals surface area (Å²) >= 11 is 0. The minimum atomic E-state index is 0. The van der Waals surface area contributed by atoms with Crippen LogP contribution in [0.4, 0.5) is 0 Å². The summed E-state index contributed by atoms with van der Waals surface area (Å²) in [5.41, 5.74) is 0. The van der Waals surface area contributed by atoms with E-state index in [2.05, 4.69) is 51.0 Å². The van der Waals surface area contributed by atoms with Crippen molar-refractivity contribution < 1.29 is 29.0 Å². The van der Waals surface area contributed by atoms with Gasteiger partial charge in [0.1, 0.15) is 6.61 Å². The first-order chi connectivity index (χ1) is 12.5. The molecule has 0 aromatic heterocycles. The van der Waals surface area contributed by atoms with Crippen LogP contribution in [0.15, 0.2) is 29.1 Å². The molecule has 148 valence electrons. The number of rotatable bonds is 4. The van der Waals surface area contributed by atoms with Crippen molar-refractivity contribution in [1.29, 1.82) is 0 Å². The molecule has 0 bridgehead atoms. The van der Waals surface area contributed by atoms with E-state index in [-0.39, 0.29) is 31.6 Å². The summed E-state index contributed by atoms with van der Waals surface area (Å²) in [4.78, 5) is 4.50. The van der Waals surface area contributed by atoms with Crippen LogP contribution >= 0.6 is 0 Å². The summed E-state index contributed by atoms with van der Waals surface area (Å²) in [6, 6.07) is 0.535. The summed E-state index contributed by atoms with van der Waals surface area (Å²) in [6.07, 6.45) is 13.1. The zero-order chi connectivity index (χ0) is 18.9. The van der Waals surface area contributed by atoms with Gasteiger partial charge in [-0.2, -0.15) is 0 Å². The number of hydrogen-bond donors (Lipinski definition) is 0. The SMILES string of the molecule is CC(C)[C@H]1COC(/C=C2/[N-][C@@H](C(C)C)CO2)=N1.[CH2-]/C=C/C1CCCCC1.[Zn+2]. The van der Waals surface area contributed by atoms with Crippen LogP contribution in [0, 0.1) is 24.7 Å². The number of aliphatic imine (C=N–C) groups is 1. The Labute approximate surface area is 179 Å². The second-order valence-electron chi connectivity index (χ2n) is 8.15. The maximum atomic E-state index is 5.52. The standard InChI is InChI=1S/C13H21N2O2.C9H15.Zn/c1-8(2)10-6-16-12(14-10)5-13-15-11(7-17-13)9(3)4;1-2-6-9-7-4-3-5-8-9;/h5,8-11H,6-7H2,1-4H3;2,6,9H,1,3-5,7-8H2;/q2*-1;+2/b12-5-;6-2+;/t10-,11-;;/m1../s1. The second-order valence-corrected chi connectivity index (χ2v) is 8.15. The maximum Gasteiger partial charge on any atom is 2.00 e. The first kappa shape index (κ1) is 24.1. The minimum absolute atomic E-state index is 0. The monoisotopic (exact) mass is 424 g/mol. The van der Waals surface area contributed by atoms with Crippen LogP contribution in [0.3, 0.4) is 0 Å². The van der Waals surface area contributed by atoms with Crippen molar-refractivity contribution in [3.8, 4) is 0 Å². The Kier molecular flexibility index (Phi) is 11.1. The molecule has 0 radical (unpaired) electrons. The van der Waals surface area contributed by atoms with Crippen molar-refractivity contribution in [3.05, 3.63) is 36.4 Å². The topological polar surface area (TPSA) is 44.9 Å². The van der Waals surface area contributed by atoms with E-state index in [9.17, 15) is 0 Å². The molecule has 3 rings (SSSR count). The normalized spacial score (nSPS) is 26.9. The van der Waals surface area contributed by atoms with Crippen LogP contribution in [0.1, 0.15) is 59.8 Å². The van der Waals surface area contributed by atoms with Gasteiger partial charge in [-0.15, -0.1) is 0 Å². The van der Waals surface area contributed by atoms with Crippen LogP contribution in [-0.4, -0.2) is 31.2 Å². The van der Waals surface area contributed by atoms with Crippen LogP contribution < -0.4 is 0 Å². The molecule has 4 nitrogen and oxygen atoms in total. The smallest absolute Gasteiger partial charge is 0.648 e. The molecule has 2 atom stereocenters. The molecule has 0 spiro atoms. The molecule has 1 saturated carbocycles. The van der Waals surface area contributed by atoms with Gasteiger partial charge < -0.3 is 14.8 Å². The minimum Gasteiger partial charge on any atom is -0.648 e. The number of nitrogens with zero attached hydrogens (tertiary/aromatic N) is 2. The van der Waals surface area contributed by atoms with Gasteiger partial charge in [-0.1, -0.05) is 77.7 Å². The summed E-state index contributed by atoms with van der Waals surface area (Å²) in [6.45, 7) is 13.6. The molecule has 2 heterocycles. The van der Waals surface area contributed by atoms with E-state index in [0.29, 0.717) is 36.8 Å². The summed E-state index contributed by atoms with van der Waals surface area (Å²) in [7, 11) is 0. The molecule has 0 aromatic rings. The Bertz CT molecular complexity index is 508. The Morgan fingerprint density at radius 3 is 2.26 bits per heavy atom. The number of ether oxygens (including phenoxy) is 2.